The molecule has 2 N–H and O–H groups in total. The molecule has 0 fully saturated rings. The Labute approximate surface area is 123 Å². The number of nitrogens with one attached hydrogen (secondary N) is 1. The normalized spacial score (nSPS) is 10.0. The van der Waals surface area contributed by atoms with Gasteiger partial charge in [0.05, 0.1) is 0 Å². The third-order valence-electron chi connectivity index (χ3n) is 2.51. The number of halogens is 1. The topological polar surface area (TPSA) is 62.2 Å². The lowest BCUT2D eigenvalue weighted by atomic mass is 10.2. The molecule has 2 aromatic rings. The van der Waals surface area contributed by atoms with Crippen molar-refractivity contribution in [1.82, 2.24) is 10.3 Å². The number of aromatic hydroxyl groups is 1. The molecule has 0 unspecified atom stereocenters. The Bertz CT molecular complexity index is 568. The van der Waals surface area contributed by atoms with Crippen molar-refractivity contribution >= 4 is 24.4 Å². The van der Waals surface area contributed by atoms with Crippen LogP contribution in [-0.2, 0) is 11.3 Å². The SMILES string of the molecule is Cl.O=C(/C=C/c1ccc(O)cc1)NCc1cccnc1. The molecule has 1 heterocycles. The first-order valence-corrected chi connectivity index (χ1v) is 5.88. The van der Waals surface area contributed by atoms with Gasteiger partial charge < -0.3 is 10.4 Å². The van der Waals surface area contributed by atoms with Crippen molar-refractivity contribution in [2.45, 2.75) is 6.54 Å². The summed E-state index contributed by atoms with van der Waals surface area (Å²) in [6.45, 7) is 0.451. The third kappa shape index (κ3) is 5.12. The highest BCUT2D eigenvalue weighted by molar-refractivity contribution is 5.91. The van der Waals surface area contributed by atoms with E-state index in [0.717, 1.165) is 11.1 Å². The maximum Gasteiger partial charge on any atom is 0.244 e. The number of rotatable bonds is 4. The van der Waals surface area contributed by atoms with Crippen LogP contribution in [0.2, 0.25) is 0 Å². The molecule has 104 valence electrons. The van der Waals surface area contributed by atoms with E-state index < -0.39 is 0 Å². The molecule has 0 saturated carbocycles. The number of hydrogen-bond donors (Lipinski definition) is 2. The van der Waals surface area contributed by atoms with Crippen LogP contribution in [0.25, 0.3) is 6.08 Å². The standard InChI is InChI=1S/C15H14N2O2.ClH/c18-14-6-3-12(4-7-14)5-8-15(19)17-11-13-2-1-9-16-10-13;/h1-10,18H,11H2,(H,17,19);1H/b8-5+;. The predicted molar refractivity (Wildman–Crippen MR) is 80.5 cm³/mol. The van der Waals surface area contributed by atoms with E-state index in [-0.39, 0.29) is 24.1 Å². The number of nitrogens with zero attached hydrogens (tertiary/aromatic N) is 1. The number of hydrogen-bond acceptors (Lipinski definition) is 3. The van der Waals surface area contributed by atoms with Gasteiger partial charge in [0, 0.05) is 25.0 Å². The molecule has 0 aliphatic rings. The van der Waals surface area contributed by atoms with Gasteiger partial charge in [0.15, 0.2) is 0 Å². The molecule has 4 nitrogen and oxygen atoms in total. The Morgan fingerprint density at radius 1 is 1.25 bits per heavy atom. The van der Waals surface area contributed by atoms with Gasteiger partial charge in [0.2, 0.25) is 5.91 Å². The minimum atomic E-state index is -0.170. The lowest BCUT2D eigenvalue weighted by Crippen LogP contribution is -2.20. The Balaban J connectivity index is 0.00000200. The predicted octanol–water partition coefficient (Wildman–Crippen LogP) is 2.54. The summed E-state index contributed by atoms with van der Waals surface area (Å²) in [5.41, 5.74) is 1.81. The summed E-state index contributed by atoms with van der Waals surface area (Å²) in [6.07, 6.45) is 6.56. The second-order valence-corrected chi connectivity index (χ2v) is 4.00. The molecular formula is C15H15ClN2O2. The van der Waals surface area contributed by atoms with Gasteiger partial charge in [0.25, 0.3) is 0 Å². The summed E-state index contributed by atoms with van der Waals surface area (Å²) in [7, 11) is 0. The highest BCUT2D eigenvalue weighted by Gasteiger charge is 1.96. The summed E-state index contributed by atoms with van der Waals surface area (Å²) >= 11 is 0. The highest BCUT2D eigenvalue weighted by atomic mass is 35.5. The van der Waals surface area contributed by atoms with E-state index in [1.54, 1.807) is 42.7 Å². The second-order valence-electron chi connectivity index (χ2n) is 4.00. The maximum absolute atomic E-state index is 11.6. The van der Waals surface area contributed by atoms with Gasteiger partial charge in [-0.2, -0.15) is 0 Å². The molecule has 0 atom stereocenters. The molecule has 0 aliphatic heterocycles. The molecule has 0 aliphatic carbocycles. The van der Waals surface area contributed by atoms with Crippen molar-refractivity contribution in [2.24, 2.45) is 0 Å². The number of carbonyl (C=O) groups excluding carboxylic acids is 1. The van der Waals surface area contributed by atoms with Gasteiger partial charge in [-0.3, -0.25) is 9.78 Å². The number of pyridine rings is 1. The average Bonchev–Trinajstić information content (AvgIpc) is 2.45. The lowest BCUT2D eigenvalue weighted by Gasteiger charge is -2.01. The monoisotopic (exact) mass is 290 g/mol. The molecule has 5 heteroatoms. The van der Waals surface area contributed by atoms with Crippen LogP contribution in [0.3, 0.4) is 0 Å². The summed E-state index contributed by atoms with van der Waals surface area (Å²) in [6, 6.07) is 10.4. The molecule has 0 bridgehead atoms. The van der Waals surface area contributed by atoms with Crippen molar-refractivity contribution in [2.75, 3.05) is 0 Å². The Morgan fingerprint density at radius 3 is 2.65 bits per heavy atom. The fourth-order valence-corrected chi connectivity index (χ4v) is 1.51. The zero-order valence-electron chi connectivity index (χ0n) is 10.7. The van der Waals surface area contributed by atoms with Gasteiger partial charge >= 0.3 is 0 Å². The van der Waals surface area contributed by atoms with Gasteiger partial charge in [-0.1, -0.05) is 18.2 Å². The zero-order chi connectivity index (χ0) is 13.5. The van der Waals surface area contributed by atoms with Crippen LogP contribution < -0.4 is 5.32 Å². The number of amides is 1. The molecule has 1 aromatic heterocycles. The largest absolute Gasteiger partial charge is 0.508 e. The average molecular weight is 291 g/mol. The minimum Gasteiger partial charge on any atom is -0.508 e. The third-order valence-corrected chi connectivity index (χ3v) is 2.51. The minimum absolute atomic E-state index is 0. The van der Waals surface area contributed by atoms with Crippen molar-refractivity contribution in [3.8, 4) is 5.75 Å². The maximum atomic E-state index is 11.6. The van der Waals surface area contributed by atoms with E-state index in [9.17, 15) is 4.79 Å². The Kier molecular flexibility index (Phi) is 6.26. The van der Waals surface area contributed by atoms with Crippen LogP contribution in [0.15, 0.2) is 54.9 Å². The van der Waals surface area contributed by atoms with E-state index in [1.807, 2.05) is 12.1 Å². The van der Waals surface area contributed by atoms with Crippen LogP contribution in [0.1, 0.15) is 11.1 Å². The van der Waals surface area contributed by atoms with Gasteiger partial charge in [0.1, 0.15) is 5.75 Å². The quantitative estimate of drug-likeness (QED) is 0.851. The lowest BCUT2D eigenvalue weighted by molar-refractivity contribution is -0.116. The first kappa shape index (κ1) is 15.7. The van der Waals surface area contributed by atoms with E-state index in [2.05, 4.69) is 10.3 Å². The van der Waals surface area contributed by atoms with Crippen LogP contribution in [-0.4, -0.2) is 16.0 Å². The number of aromatic nitrogens is 1. The summed E-state index contributed by atoms with van der Waals surface area (Å²) in [5, 5.41) is 11.9. The van der Waals surface area contributed by atoms with Crippen molar-refractivity contribution in [3.63, 3.8) is 0 Å². The number of phenols is 1. The van der Waals surface area contributed by atoms with Gasteiger partial charge in [-0.15, -0.1) is 12.4 Å². The van der Waals surface area contributed by atoms with E-state index in [4.69, 9.17) is 5.11 Å². The molecule has 0 spiro atoms. The van der Waals surface area contributed by atoms with Crippen LogP contribution in [0.5, 0.6) is 5.75 Å². The molecule has 1 amide bonds. The van der Waals surface area contributed by atoms with E-state index >= 15 is 0 Å². The summed E-state index contributed by atoms with van der Waals surface area (Å²) in [5.74, 6) is 0.0371. The van der Waals surface area contributed by atoms with Crippen molar-refractivity contribution in [3.05, 3.63) is 66.0 Å². The molecule has 20 heavy (non-hydrogen) atoms. The summed E-state index contributed by atoms with van der Waals surface area (Å²) < 4.78 is 0. The van der Waals surface area contributed by atoms with Crippen LogP contribution >= 0.6 is 12.4 Å². The van der Waals surface area contributed by atoms with E-state index in [0.29, 0.717) is 6.54 Å². The van der Waals surface area contributed by atoms with Crippen LogP contribution in [0, 0.1) is 0 Å². The first-order valence-electron chi connectivity index (χ1n) is 5.88. The van der Waals surface area contributed by atoms with Gasteiger partial charge in [-0.25, -0.2) is 0 Å². The van der Waals surface area contributed by atoms with Crippen molar-refractivity contribution in [1.29, 1.82) is 0 Å². The highest BCUT2D eigenvalue weighted by Crippen LogP contribution is 2.10. The van der Waals surface area contributed by atoms with Crippen LogP contribution in [0.4, 0.5) is 0 Å². The first-order chi connectivity index (χ1) is 9.24. The molecule has 0 saturated heterocycles. The molecule has 1 aromatic carbocycles. The number of phenolic OH excluding ortho intramolecular Hbond substituents is 1. The van der Waals surface area contributed by atoms with Gasteiger partial charge in [-0.05, 0) is 35.4 Å². The smallest absolute Gasteiger partial charge is 0.244 e. The zero-order valence-corrected chi connectivity index (χ0v) is 11.5. The molecule has 0 radical (unpaired) electrons. The molecular weight excluding hydrogens is 276 g/mol. The fourth-order valence-electron chi connectivity index (χ4n) is 1.51. The van der Waals surface area contributed by atoms with Crippen molar-refractivity contribution < 1.29 is 9.90 Å². The number of benzene rings is 1. The molecule has 2 rings (SSSR count). The Morgan fingerprint density at radius 2 is 2.00 bits per heavy atom. The number of carbonyl (C=O) groups is 1. The fraction of sp³-hybridized carbons (Fsp3) is 0.0667. The van der Waals surface area contributed by atoms with E-state index in [1.165, 1.54) is 6.08 Å². The second kappa shape index (κ2) is 7.96. The summed E-state index contributed by atoms with van der Waals surface area (Å²) in [4.78, 5) is 15.6. The Hall–Kier alpha value is -2.33.